The molecular formula is C9H16ClNO3S. The molecule has 6 heteroatoms. The summed E-state index contributed by atoms with van der Waals surface area (Å²) in [6.45, 7) is 3.18. The van der Waals surface area contributed by atoms with Crippen molar-refractivity contribution in [2.24, 2.45) is 5.92 Å². The van der Waals surface area contributed by atoms with Gasteiger partial charge in [0.15, 0.2) is 0 Å². The molecule has 0 spiro atoms. The number of nitrogens with zero attached hydrogens (tertiary/aromatic N) is 1. The fraction of sp³-hybridized carbons (Fsp3) is 0.889. The Bertz CT molecular complexity index is 328. The number of halogens is 1. The summed E-state index contributed by atoms with van der Waals surface area (Å²) in [5.74, 6) is 0.238. The van der Waals surface area contributed by atoms with Crippen molar-refractivity contribution in [3.05, 3.63) is 0 Å². The molecule has 0 radical (unpaired) electrons. The third kappa shape index (κ3) is 4.09. The highest BCUT2D eigenvalue weighted by Gasteiger charge is 2.26. The molecule has 0 aromatic heterocycles. The van der Waals surface area contributed by atoms with Crippen molar-refractivity contribution in [3.63, 3.8) is 0 Å². The second kappa shape index (κ2) is 5.27. The quantitative estimate of drug-likeness (QED) is 0.708. The van der Waals surface area contributed by atoms with Gasteiger partial charge in [0, 0.05) is 19.5 Å². The van der Waals surface area contributed by atoms with Crippen molar-refractivity contribution in [3.8, 4) is 0 Å². The average Bonchev–Trinajstić information content (AvgIpc) is 2.15. The maximum atomic E-state index is 11.8. The largest absolute Gasteiger partial charge is 0.281 e. The lowest BCUT2D eigenvalue weighted by Crippen LogP contribution is -2.40. The molecule has 15 heavy (non-hydrogen) atoms. The molecule has 1 unspecified atom stereocenters. The number of carbonyl (C=O) groups excluding carboxylic acids is 1. The molecule has 0 bridgehead atoms. The molecular weight excluding hydrogens is 238 g/mol. The Labute approximate surface area is 95.6 Å². The molecule has 0 aromatic carbocycles. The summed E-state index contributed by atoms with van der Waals surface area (Å²) in [4.78, 5) is 10.5. The third-order valence-electron chi connectivity index (χ3n) is 2.57. The molecule has 1 saturated heterocycles. The zero-order chi connectivity index (χ0) is 11.5. The van der Waals surface area contributed by atoms with Crippen molar-refractivity contribution in [1.82, 2.24) is 4.31 Å². The summed E-state index contributed by atoms with van der Waals surface area (Å²) in [5.41, 5.74) is 0. The number of piperidine rings is 1. The van der Waals surface area contributed by atoms with Gasteiger partial charge in [-0.15, -0.1) is 0 Å². The van der Waals surface area contributed by atoms with E-state index >= 15 is 0 Å². The molecule has 1 fully saturated rings. The summed E-state index contributed by atoms with van der Waals surface area (Å²) >= 11 is 5.13. The zero-order valence-electron chi connectivity index (χ0n) is 8.78. The van der Waals surface area contributed by atoms with Gasteiger partial charge in [-0.1, -0.05) is 6.92 Å². The van der Waals surface area contributed by atoms with Crippen LogP contribution in [0.4, 0.5) is 0 Å². The van der Waals surface area contributed by atoms with E-state index in [1.54, 1.807) is 0 Å². The van der Waals surface area contributed by atoms with E-state index in [-0.39, 0.29) is 12.2 Å². The zero-order valence-corrected chi connectivity index (χ0v) is 10.4. The van der Waals surface area contributed by atoms with Crippen LogP contribution in [0.15, 0.2) is 0 Å². The van der Waals surface area contributed by atoms with Gasteiger partial charge in [-0.05, 0) is 30.4 Å². The van der Waals surface area contributed by atoms with Crippen LogP contribution in [-0.2, 0) is 14.8 Å². The number of sulfonamides is 1. The second-order valence-corrected chi connectivity index (χ2v) is 6.54. The lowest BCUT2D eigenvalue weighted by Gasteiger charge is -2.29. The highest BCUT2D eigenvalue weighted by Crippen LogP contribution is 2.19. The molecule has 4 nitrogen and oxygen atoms in total. The lowest BCUT2D eigenvalue weighted by atomic mass is 10.0. The molecule has 0 aliphatic carbocycles. The van der Waals surface area contributed by atoms with Crippen LogP contribution >= 0.6 is 11.6 Å². The molecule has 0 amide bonds. The van der Waals surface area contributed by atoms with Gasteiger partial charge in [-0.3, -0.25) is 4.79 Å². The molecule has 0 aromatic rings. The maximum Gasteiger partial charge on any atom is 0.222 e. The topological polar surface area (TPSA) is 54.5 Å². The van der Waals surface area contributed by atoms with E-state index in [2.05, 4.69) is 0 Å². The Kier molecular flexibility index (Phi) is 4.55. The van der Waals surface area contributed by atoms with Crippen molar-refractivity contribution in [1.29, 1.82) is 0 Å². The monoisotopic (exact) mass is 253 g/mol. The first kappa shape index (κ1) is 12.9. The summed E-state index contributed by atoms with van der Waals surface area (Å²) in [6.07, 6.45) is 1.87. The summed E-state index contributed by atoms with van der Waals surface area (Å²) in [7, 11) is -3.28. The predicted octanol–water partition coefficient (Wildman–Crippen LogP) is 1.20. The third-order valence-corrected chi connectivity index (χ3v) is 4.60. The SMILES string of the molecule is CC1CCCN(S(=O)(=O)CCC(=O)Cl)C1. The van der Waals surface area contributed by atoms with Gasteiger partial charge >= 0.3 is 0 Å². The first-order chi connectivity index (χ1) is 6.92. The fourth-order valence-corrected chi connectivity index (χ4v) is 3.53. The Hall–Kier alpha value is -0.130. The van der Waals surface area contributed by atoms with Gasteiger partial charge in [-0.25, -0.2) is 12.7 Å². The van der Waals surface area contributed by atoms with Crippen LogP contribution < -0.4 is 0 Å². The van der Waals surface area contributed by atoms with Crippen LogP contribution in [0.3, 0.4) is 0 Å². The van der Waals surface area contributed by atoms with E-state index in [1.165, 1.54) is 4.31 Å². The normalized spacial score (nSPS) is 24.0. The van der Waals surface area contributed by atoms with Crippen LogP contribution in [0.2, 0.25) is 0 Å². The van der Waals surface area contributed by atoms with Crippen molar-refractivity contribution in [2.75, 3.05) is 18.8 Å². The highest BCUT2D eigenvalue weighted by molar-refractivity contribution is 7.89. The molecule has 1 aliphatic rings. The fourth-order valence-electron chi connectivity index (χ4n) is 1.74. The van der Waals surface area contributed by atoms with E-state index in [0.717, 1.165) is 12.8 Å². The van der Waals surface area contributed by atoms with Crippen LogP contribution in [0.1, 0.15) is 26.2 Å². The molecule has 0 saturated carbocycles. The Balaban J connectivity index is 2.56. The van der Waals surface area contributed by atoms with E-state index in [0.29, 0.717) is 19.0 Å². The smallest absolute Gasteiger partial charge is 0.222 e. The molecule has 1 aliphatic heterocycles. The predicted molar refractivity (Wildman–Crippen MR) is 59.2 cm³/mol. The highest BCUT2D eigenvalue weighted by atomic mass is 35.5. The van der Waals surface area contributed by atoms with Gasteiger partial charge in [0.2, 0.25) is 15.3 Å². The molecule has 88 valence electrons. The van der Waals surface area contributed by atoms with Crippen molar-refractivity contribution in [2.45, 2.75) is 26.2 Å². The van der Waals surface area contributed by atoms with Gasteiger partial charge in [-0.2, -0.15) is 0 Å². The van der Waals surface area contributed by atoms with E-state index in [4.69, 9.17) is 11.6 Å². The van der Waals surface area contributed by atoms with Gasteiger partial charge in [0.05, 0.1) is 5.75 Å². The molecule has 1 heterocycles. The summed E-state index contributed by atoms with van der Waals surface area (Å²) in [6, 6.07) is 0. The summed E-state index contributed by atoms with van der Waals surface area (Å²) < 4.78 is 25.0. The van der Waals surface area contributed by atoms with Gasteiger partial charge in [0.25, 0.3) is 0 Å². The van der Waals surface area contributed by atoms with Crippen LogP contribution in [-0.4, -0.2) is 36.8 Å². The minimum absolute atomic E-state index is 0.102. The molecule has 0 N–H and O–H groups in total. The van der Waals surface area contributed by atoms with Crippen LogP contribution in [0, 0.1) is 5.92 Å². The Morgan fingerprint density at radius 3 is 2.73 bits per heavy atom. The van der Waals surface area contributed by atoms with Crippen LogP contribution in [0.5, 0.6) is 0 Å². The average molecular weight is 254 g/mol. The lowest BCUT2D eigenvalue weighted by molar-refractivity contribution is -0.111. The second-order valence-electron chi connectivity index (χ2n) is 4.03. The first-order valence-corrected chi connectivity index (χ1v) is 7.06. The maximum absolute atomic E-state index is 11.8. The Morgan fingerprint density at radius 2 is 2.20 bits per heavy atom. The Morgan fingerprint density at radius 1 is 1.53 bits per heavy atom. The number of hydrogen-bond acceptors (Lipinski definition) is 3. The minimum atomic E-state index is -3.28. The van der Waals surface area contributed by atoms with Crippen molar-refractivity contribution < 1.29 is 13.2 Å². The van der Waals surface area contributed by atoms with E-state index < -0.39 is 15.3 Å². The van der Waals surface area contributed by atoms with Gasteiger partial charge in [0.1, 0.15) is 0 Å². The van der Waals surface area contributed by atoms with Crippen molar-refractivity contribution >= 4 is 26.9 Å². The van der Waals surface area contributed by atoms with Crippen LogP contribution in [0.25, 0.3) is 0 Å². The number of hydrogen-bond donors (Lipinski definition) is 0. The van der Waals surface area contributed by atoms with Gasteiger partial charge < -0.3 is 0 Å². The van der Waals surface area contributed by atoms with E-state index in [1.807, 2.05) is 6.92 Å². The standard InChI is InChI=1S/C9H16ClNO3S/c1-8-3-2-5-11(7-8)15(13,14)6-4-9(10)12/h8H,2-7H2,1H3. The summed E-state index contributed by atoms with van der Waals surface area (Å²) in [5, 5.41) is -0.594. The number of rotatable bonds is 4. The van der Waals surface area contributed by atoms with E-state index in [9.17, 15) is 13.2 Å². The minimum Gasteiger partial charge on any atom is -0.281 e. The molecule has 1 rings (SSSR count). The number of carbonyl (C=O) groups is 1. The molecule has 1 atom stereocenters. The first-order valence-electron chi connectivity index (χ1n) is 5.08.